The van der Waals surface area contributed by atoms with Crippen LogP contribution in [0.2, 0.25) is 0 Å². The maximum Gasteiger partial charge on any atom is 0.338 e. The zero-order valence-corrected chi connectivity index (χ0v) is 21.5. The number of rotatable bonds is 7. The monoisotopic (exact) mass is 482 g/mol. The molecular weight excluding hydrogens is 452 g/mol. The maximum absolute atomic E-state index is 12.7. The lowest BCUT2D eigenvalue weighted by Crippen LogP contribution is -2.38. The minimum absolute atomic E-state index is 0.342. The topological polar surface area (TPSA) is 35.5 Å². The van der Waals surface area contributed by atoms with E-state index in [1.54, 1.807) is 24.3 Å². The molecule has 0 spiro atoms. The number of carbonyl (C=O) groups is 1. The van der Waals surface area contributed by atoms with E-state index < -0.39 is 11.2 Å². The fourth-order valence-electron chi connectivity index (χ4n) is 5.21. The Morgan fingerprint density at radius 1 is 0.743 bits per heavy atom. The second-order valence-corrected chi connectivity index (χ2v) is 11.0. The third kappa shape index (κ3) is 4.86. The standard InChI is InChI=1S/C31H30O3S/c1-30(2,19-31(3,4)34-29(32)23-12-15-25(35)16-13-23)33-18-24-11-10-22-9-8-20-6-5-7-21-14-17-26(24)28(22)27(20)21/h5-17,35H,18-19H2,1-4H3. The SMILES string of the molecule is CC(C)(CC(C)(C)OC(=O)c1ccc(S)cc1)OCc1ccc2ccc3cccc4ccc1c2c34. The van der Waals surface area contributed by atoms with Crippen LogP contribution < -0.4 is 0 Å². The number of hydrogen-bond donors (Lipinski definition) is 1. The van der Waals surface area contributed by atoms with Crippen molar-refractivity contribution in [2.24, 2.45) is 0 Å². The van der Waals surface area contributed by atoms with Crippen LogP contribution in [0.1, 0.15) is 50.0 Å². The summed E-state index contributed by atoms with van der Waals surface area (Å²) in [5, 5.41) is 7.58. The molecule has 0 saturated heterocycles. The zero-order valence-electron chi connectivity index (χ0n) is 20.6. The van der Waals surface area contributed by atoms with E-state index in [0.717, 1.165) is 10.5 Å². The van der Waals surface area contributed by atoms with Gasteiger partial charge in [0.25, 0.3) is 0 Å². The zero-order chi connectivity index (χ0) is 24.8. The molecule has 0 N–H and O–H groups in total. The summed E-state index contributed by atoms with van der Waals surface area (Å²) in [6, 6.07) is 26.6. The van der Waals surface area contributed by atoms with E-state index in [4.69, 9.17) is 9.47 Å². The van der Waals surface area contributed by atoms with E-state index in [1.165, 1.54) is 32.3 Å². The number of hydrogen-bond acceptors (Lipinski definition) is 4. The number of benzene rings is 5. The van der Waals surface area contributed by atoms with Gasteiger partial charge < -0.3 is 9.47 Å². The molecule has 5 rings (SSSR count). The van der Waals surface area contributed by atoms with Crippen molar-refractivity contribution in [2.75, 3.05) is 0 Å². The molecule has 0 atom stereocenters. The van der Waals surface area contributed by atoms with E-state index in [1.807, 2.05) is 27.7 Å². The van der Waals surface area contributed by atoms with Gasteiger partial charge >= 0.3 is 5.97 Å². The third-order valence-electron chi connectivity index (χ3n) is 6.56. The molecule has 3 nitrogen and oxygen atoms in total. The number of carbonyl (C=O) groups excluding carboxylic acids is 1. The predicted octanol–water partition coefficient (Wildman–Crippen LogP) is 8.19. The molecule has 0 fully saturated rings. The lowest BCUT2D eigenvalue weighted by Gasteiger charge is -2.35. The average molecular weight is 483 g/mol. The van der Waals surface area contributed by atoms with Crippen molar-refractivity contribution < 1.29 is 14.3 Å². The molecule has 0 aromatic heterocycles. The van der Waals surface area contributed by atoms with Gasteiger partial charge in [-0.1, -0.05) is 54.6 Å². The second-order valence-electron chi connectivity index (χ2n) is 10.5. The molecule has 178 valence electrons. The molecule has 0 heterocycles. The molecule has 0 aliphatic rings. The number of thiol groups is 1. The number of esters is 1. The second kappa shape index (κ2) is 8.85. The molecule has 0 saturated carbocycles. The van der Waals surface area contributed by atoms with Gasteiger partial charge in [-0.25, -0.2) is 4.79 Å². The Hall–Kier alpha value is -3.08. The van der Waals surface area contributed by atoms with Crippen molar-refractivity contribution in [3.8, 4) is 0 Å². The molecule has 5 aromatic carbocycles. The highest BCUT2D eigenvalue weighted by Crippen LogP contribution is 2.37. The van der Waals surface area contributed by atoms with Crippen LogP contribution in [0.3, 0.4) is 0 Å². The van der Waals surface area contributed by atoms with E-state index in [2.05, 4.69) is 67.2 Å². The van der Waals surface area contributed by atoms with E-state index >= 15 is 0 Å². The van der Waals surface area contributed by atoms with Crippen LogP contribution in [0, 0.1) is 0 Å². The van der Waals surface area contributed by atoms with Gasteiger partial charge in [0, 0.05) is 11.3 Å². The van der Waals surface area contributed by atoms with Crippen LogP contribution >= 0.6 is 12.6 Å². The van der Waals surface area contributed by atoms with E-state index in [0.29, 0.717) is 18.6 Å². The summed E-state index contributed by atoms with van der Waals surface area (Å²) >= 11 is 4.28. The molecule has 0 radical (unpaired) electrons. The van der Waals surface area contributed by atoms with Gasteiger partial charge in [-0.3, -0.25) is 0 Å². The summed E-state index contributed by atoms with van der Waals surface area (Å²) in [6.45, 7) is 8.44. The van der Waals surface area contributed by atoms with Gasteiger partial charge in [0.05, 0.1) is 17.8 Å². The quantitative estimate of drug-likeness (QED) is 0.144. The first-order chi connectivity index (χ1) is 16.6. The van der Waals surface area contributed by atoms with Crippen molar-refractivity contribution in [3.63, 3.8) is 0 Å². The fourth-order valence-corrected chi connectivity index (χ4v) is 5.36. The molecule has 4 heteroatoms. The first-order valence-corrected chi connectivity index (χ1v) is 12.4. The minimum Gasteiger partial charge on any atom is -0.456 e. The lowest BCUT2D eigenvalue weighted by atomic mass is 9.91. The Kier molecular flexibility index (Phi) is 5.98. The van der Waals surface area contributed by atoms with Crippen molar-refractivity contribution in [3.05, 3.63) is 90.0 Å². The van der Waals surface area contributed by atoms with Gasteiger partial charge in [-0.05, 0) is 89.8 Å². The molecule has 5 aromatic rings. The minimum atomic E-state index is -0.692. The Morgan fingerprint density at radius 2 is 1.34 bits per heavy atom. The van der Waals surface area contributed by atoms with Gasteiger partial charge in [-0.2, -0.15) is 0 Å². The van der Waals surface area contributed by atoms with Crippen molar-refractivity contribution >= 4 is 50.9 Å². The van der Waals surface area contributed by atoms with Gasteiger partial charge in [0.2, 0.25) is 0 Å². The predicted molar refractivity (Wildman–Crippen MR) is 147 cm³/mol. The third-order valence-corrected chi connectivity index (χ3v) is 6.86. The summed E-state index contributed by atoms with van der Waals surface area (Å²) in [5.74, 6) is -0.342. The van der Waals surface area contributed by atoms with E-state index in [9.17, 15) is 4.79 Å². The van der Waals surface area contributed by atoms with E-state index in [-0.39, 0.29) is 5.97 Å². The molecule has 0 aliphatic carbocycles. The fraction of sp³-hybridized carbons (Fsp3) is 0.258. The molecule has 0 aliphatic heterocycles. The summed E-state index contributed by atoms with van der Waals surface area (Å²) in [4.78, 5) is 13.5. The Labute approximate surface area is 211 Å². The first-order valence-electron chi connectivity index (χ1n) is 11.9. The smallest absolute Gasteiger partial charge is 0.338 e. The highest BCUT2D eigenvalue weighted by Gasteiger charge is 2.33. The largest absolute Gasteiger partial charge is 0.456 e. The van der Waals surface area contributed by atoms with Crippen LogP contribution in [0.4, 0.5) is 0 Å². The normalized spacial score (nSPS) is 12.6. The molecule has 35 heavy (non-hydrogen) atoms. The lowest BCUT2D eigenvalue weighted by molar-refractivity contribution is -0.0872. The first kappa shape index (κ1) is 23.7. The Morgan fingerprint density at radius 3 is 2.03 bits per heavy atom. The molecule has 0 unspecified atom stereocenters. The summed E-state index contributed by atoms with van der Waals surface area (Å²) < 4.78 is 12.3. The Balaban J connectivity index is 1.34. The summed E-state index contributed by atoms with van der Waals surface area (Å²) in [6.07, 6.45) is 0.558. The van der Waals surface area contributed by atoms with Crippen molar-refractivity contribution in [1.82, 2.24) is 0 Å². The van der Waals surface area contributed by atoms with Crippen LogP contribution in [0.5, 0.6) is 0 Å². The highest BCUT2D eigenvalue weighted by molar-refractivity contribution is 7.80. The molecule has 0 amide bonds. The van der Waals surface area contributed by atoms with Crippen LogP contribution in [0.25, 0.3) is 32.3 Å². The van der Waals surface area contributed by atoms with Gasteiger partial charge in [-0.15, -0.1) is 12.6 Å². The van der Waals surface area contributed by atoms with Crippen LogP contribution in [0.15, 0.2) is 83.8 Å². The summed E-state index contributed by atoms with van der Waals surface area (Å²) in [5.41, 5.74) is 0.486. The average Bonchev–Trinajstić information content (AvgIpc) is 2.81. The maximum atomic E-state index is 12.7. The highest BCUT2D eigenvalue weighted by atomic mass is 32.1. The van der Waals surface area contributed by atoms with Gasteiger partial charge in [0.1, 0.15) is 5.60 Å². The van der Waals surface area contributed by atoms with Crippen LogP contribution in [-0.4, -0.2) is 17.2 Å². The van der Waals surface area contributed by atoms with Crippen molar-refractivity contribution in [1.29, 1.82) is 0 Å². The van der Waals surface area contributed by atoms with Gasteiger partial charge in [0.15, 0.2) is 0 Å². The summed E-state index contributed by atoms with van der Waals surface area (Å²) in [7, 11) is 0. The van der Waals surface area contributed by atoms with Crippen molar-refractivity contribution in [2.45, 2.75) is 56.8 Å². The molecular formula is C31H30O3S. The molecule has 0 bridgehead atoms. The van der Waals surface area contributed by atoms with Crippen LogP contribution in [-0.2, 0) is 16.1 Å². The Bertz CT molecular complexity index is 1500. The number of ether oxygens (including phenoxy) is 2.